The Labute approximate surface area is 68.0 Å². The fraction of sp³-hybridized carbons (Fsp3) is 0.571. The number of hydrogen-bond donors (Lipinski definition) is 0. The minimum absolute atomic E-state index is 0.414. The van der Waals surface area contributed by atoms with E-state index in [0.29, 0.717) is 0 Å². The van der Waals surface area contributed by atoms with E-state index in [2.05, 4.69) is 11.3 Å². The van der Waals surface area contributed by atoms with Crippen molar-refractivity contribution in [1.29, 1.82) is 0 Å². The highest BCUT2D eigenvalue weighted by atomic mass is 19.4. The Kier molecular flexibility index (Phi) is 3.79. The van der Waals surface area contributed by atoms with Crippen LogP contribution in [0.15, 0.2) is 12.7 Å². The molecule has 0 saturated carbocycles. The van der Waals surface area contributed by atoms with Crippen LogP contribution in [0, 0.1) is 0 Å². The predicted molar refractivity (Wildman–Crippen MR) is 36.4 cm³/mol. The Morgan fingerprint density at radius 1 is 1.67 bits per heavy atom. The van der Waals surface area contributed by atoms with Crippen LogP contribution in [0.1, 0.15) is 13.3 Å². The van der Waals surface area contributed by atoms with Crippen LogP contribution in [-0.2, 0) is 9.53 Å². The average molecular weight is 182 g/mol. The molecule has 0 amide bonds. The predicted octanol–water partition coefficient (Wildman–Crippen LogP) is 2.06. The van der Waals surface area contributed by atoms with Crippen LogP contribution in [0.25, 0.3) is 0 Å². The Morgan fingerprint density at radius 3 is 2.42 bits per heavy atom. The molecule has 0 heterocycles. The summed E-state index contributed by atoms with van der Waals surface area (Å²) < 4.78 is 39.8. The third-order valence-corrected chi connectivity index (χ3v) is 1.05. The van der Waals surface area contributed by atoms with Gasteiger partial charge in [-0.1, -0.05) is 6.08 Å². The normalized spacial score (nSPS) is 13.7. The number of ether oxygens (including phenoxy) is 1. The Morgan fingerprint density at radius 2 is 2.17 bits per heavy atom. The maximum atomic E-state index is 11.9. The van der Waals surface area contributed by atoms with Crippen molar-refractivity contribution in [2.24, 2.45) is 0 Å². The molecule has 70 valence electrons. The van der Waals surface area contributed by atoms with E-state index in [0.717, 1.165) is 13.0 Å². The zero-order chi connectivity index (χ0) is 9.78. The van der Waals surface area contributed by atoms with Crippen molar-refractivity contribution >= 4 is 5.97 Å². The van der Waals surface area contributed by atoms with Gasteiger partial charge in [0.2, 0.25) is 6.10 Å². The summed E-state index contributed by atoms with van der Waals surface area (Å²) in [5.41, 5.74) is 0. The summed E-state index contributed by atoms with van der Waals surface area (Å²) in [4.78, 5) is 10.2. The first-order valence-electron chi connectivity index (χ1n) is 3.22. The molecule has 0 aromatic heterocycles. The summed E-state index contributed by atoms with van der Waals surface area (Å²) >= 11 is 0. The van der Waals surface area contributed by atoms with Crippen LogP contribution in [0.4, 0.5) is 13.2 Å². The van der Waals surface area contributed by atoms with Gasteiger partial charge in [-0.2, -0.15) is 13.2 Å². The van der Waals surface area contributed by atoms with Crippen molar-refractivity contribution in [2.45, 2.75) is 25.6 Å². The number of hydrogen-bond acceptors (Lipinski definition) is 2. The molecule has 2 nitrogen and oxygen atoms in total. The van der Waals surface area contributed by atoms with Gasteiger partial charge in [-0.05, 0) is 0 Å². The van der Waals surface area contributed by atoms with Gasteiger partial charge in [-0.15, -0.1) is 6.58 Å². The van der Waals surface area contributed by atoms with Crippen molar-refractivity contribution in [1.82, 2.24) is 0 Å². The van der Waals surface area contributed by atoms with Crippen LogP contribution in [0.2, 0.25) is 0 Å². The van der Waals surface area contributed by atoms with Crippen molar-refractivity contribution in [3.8, 4) is 0 Å². The summed E-state index contributed by atoms with van der Waals surface area (Å²) in [5, 5.41) is 0. The standard InChI is InChI=1S/C7H9F3O2/c1-3-4-6(7(8,9)10)12-5(2)11/h3,6H,1,4H2,2H3/t6-/m0/s1. The molecule has 0 aliphatic carbocycles. The SMILES string of the molecule is C=CC[C@H](OC(C)=O)C(F)(F)F. The van der Waals surface area contributed by atoms with Gasteiger partial charge in [0, 0.05) is 13.3 Å². The second-order valence-corrected chi connectivity index (χ2v) is 2.16. The van der Waals surface area contributed by atoms with Gasteiger partial charge in [0.15, 0.2) is 0 Å². The minimum Gasteiger partial charge on any atom is -0.453 e. The molecule has 0 N–H and O–H groups in total. The van der Waals surface area contributed by atoms with E-state index in [1.807, 2.05) is 0 Å². The lowest BCUT2D eigenvalue weighted by molar-refractivity contribution is -0.218. The van der Waals surface area contributed by atoms with Crippen LogP contribution in [0.3, 0.4) is 0 Å². The quantitative estimate of drug-likeness (QED) is 0.493. The lowest BCUT2D eigenvalue weighted by Crippen LogP contribution is -2.32. The molecule has 0 unspecified atom stereocenters. The largest absolute Gasteiger partial charge is 0.453 e. The molecule has 0 rings (SSSR count). The minimum atomic E-state index is -4.51. The van der Waals surface area contributed by atoms with E-state index in [4.69, 9.17) is 0 Å². The number of esters is 1. The zero-order valence-corrected chi connectivity index (χ0v) is 6.52. The maximum absolute atomic E-state index is 11.9. The van der Waals surface area contributed by atoms with E-state index < -0.39 is 24.7 Å². The molecule has 0 radical (unpaired) electrons. The molecule has 0 aromatic carbocycles. The first-order valence-corrected chi connectivity index (χ1v) is 3.22. The number of halogens is 3. The van der Waals surface area contributed by atoms with E-state index in [1.165, 1.54) is 0 Å². The van der Waals surface area contributed by atoms with E-state index >= 15 is 0 Å². The molecule has 0 spiro atoms. The van der Waals surface area contributed by atoms with Gasteiger partial charge in [0.05, 0.1) is 0 Å². The summed E-state index contributed by atoms with van der Waals surface area (Å²) in [6.45, 7) is 4.06. The second-order valence-electron chi connectivity index (χ2n) is 2.16. The Balaban J connectivity index is 4.22. The first kappa shape index (κ1) is 11.0. The summed E-state index contributed by atoms with van der Waals surface area (Å²) in [6, 6.07) is 0. The molecular formula is C7H9F3O2. The Hall–Kier alpha value is -1.00. The molecule has 0 aliphatic heterocycles. The van der Waals surface area contributed by atoms with Crippen molar-refractivity contribution < 1.29 is 22.7 Å². The van der Waals surface area contributed by atoms with Crippen molar-refractivity contribution in [2.75, 3.05) is 0 Å². The van der Waals surface area contributed by atoms with Gasteiger partial charge < -0.3 is 4.74 Å². The highest BCUT2D eigenvalue weighted by molar-refractivity contribution is 5.66. The monoisotopic (exact) mass is 182 g/mol. The van der Waals surface area contributed by atoms with Gasteiger partial charge in [0.25, 0.3) is 0 Å². The topological polar surface area (TPSA) is 26.3 Å². The Bertz CT molecular complexity index is 174. The second kappa shape index (κ2) is 4.13. The molecular weight excluding hydrogens is 173 g/mol. The fourth-order valence-corrected chi connectivity index (χ4v) is 0.600. The molecule has 1 atom stereocenters. The third kappa shape index (κ3) is 4.00. The summed E-state index contributed by atoms with van der Waals surface area (Å²) in [7, 11) is 0. The first-order chi connectivity index (χ1) is 5.38. The van der Waals surface area contributed by atoms with Crippen LogP contribution in [-0.4, -0.2) is 18.2 Å². The van der Waals surface area contributed by atoms with E-state index in [-0.39, 0.29) is 0 Å². The van der Waals surface area contributed by atoms with Gasteiger partial charge in [-0.25, -0.2) is 0 Å². The van der Waals surface area contributed by atoms with Crippen molar-refractivity contribution in [3.63, 3.8) is 0 Å². The van der Waals surface area contributed by atoms with Crippen LogP contribution in [0.5, 0.6) is 0 Å². The zero-order valence-electron chi connectivity index (χ0n) is 6.52. The molecule has 0 bridgehead atoms. The molecule has 12 heavy (non-hydrogen) atoms. The van der Waals surface area contributed by atoms with Gasteiger partial charge in [-0.3, -0.25) is 4.79 Å². The highest BCUT2D eigenvalue weighted by Gasteiger charge is 2.41. The summed E-state index contributed by atoms with van der Waals surface area (Å²) in [6.07, 6.45) is -5.93. The molecule has 0 aromatic rings. The third-order valence-electron chi connectivity index (χ3n) is 1.05. The molecule has 0 fully saturated rings. The molecule has 5 heteroatoms. The number of carbonyl (C=O) groups is 1. The fourth-order valence-electron chi connectivity index (χ4n) is 0.600. The number of rotatable bonds is 3. The van der Waals surface area contributed by atoms with Gasteiger partial charge in [0.1, 0.15) is 0 Å². The molecule has 0 aliphatic rings. The number of carbonyl (C=O) groups excluding carboxylic acids is 1. The number of alkyl halides is 3. The lowest BCUT2D eigenvalue weighted by Gasteiger charge is -2.17. The van der Waals surface area contributed by atoms with Crippen LogP contribution < -0.4 is 0 Å². The van der Waals surface area contributed by atoms with Crippen LogP contribution >= 0.6 is 0 Å². The average Bonchev–Trinajstić information content (AvgIpc) is 1.83. The highest BCUT2D eigenvalue weighted by Crippen LogP contribution is 2.25. The van der Waals surface area contributed by atoms with E-state index in [1.54, 1.807) is 0 Å². The van der Waals surface area contributed by atoms with Crippen molar-refractivity contribution in [3.05, 3.63) is 12.7 Å². The van der Waals surface area contributed by atoms with Gasteiger partial charge >= 0.3 is 12.1 Å². The molecule has 0 saturated heterocycles. The smallest absolute Gasteiger partial charge is 0.425 e. The lowest BCUT2D eigenvalue weighted by atomic mass is 10.2. The van der Waals surface area contributed by atoms with E-state index in [9.17, 15) is 18.0 Å². The summed E-state index contributed by atoms with van der Waals surface area (Å²) in [5.74, 6) is -0.945. The maximum Gasteiger partial charge on any atom is 0.425 e.